The number of hydrogen-bond donors (Lipinski definition) is 3. The lowest BCUT2D eigenvalue weighted by Crippen LogP contribution is -2.26. The molecular weight excluding hydrogens is 261 g/mol. The molecule has 1 aromatic rings. The monoisotopic (exact) mass is 274 g/mol. The van der Waals surface area contributed by atoms with Gasteiger partial charge in [-0.1, -0.05) is 0 Å². The van der Waals surface area contributed by atoms with Crippen LogP contribution in [0, 0.1) is 0 Å². The van der Waals surface area contributed by atoms with Crippen LogP contribution in [-0.4, -0.2) is 45.0 Å². The maximum atomic E-state index is 10.6. The fourth-order valence-corrected chi connectivity index (χ4v) is 2.19. The lowest BCUT2D eigenvalue weighted by molar-refractivity contribution is -0.00894. The van der Waals surface area contributed by atoms with Crippen LogP contribution in [-0.2, 0) is 13.8 Å². The van der Waals surface area contributed by atoms with Crippen molar-refractivity contribution < 1.29 is 23.8 Å². The van der Waals surface area contributed by atoms with Crippen LogP contribution in [0.5, 0.6) is 0 Å². The number of aromatic nitrogens is 2. The summed E-state index contributed by atoms with van der Waals surface area (Å²) in [4.78, 5) is 16.5. The van der Waals surface area contributed by atoms with Gasteiger partial charge in [0.15, 0.2) is 0 Å². The van der Waals surface area contributed by atoms with E-state index in [1.54, 1.807) is 12.3 Å². The van der Waals surface area contributed by atoms with Crippen LogP contribution in [0.25, 0.3) is 0 Å². The molecule has 2 unspecified atom stereocenters. The van der Waals surface area contributed by atoms with Gasteiger partial charge in [0.1, 0.15) is 30.6 Å². The quantitative estimate of drug-likeness (QED) is 0.644. The summed E-state index contributed by atoms with van der Waals surface area (Å²) in [6.45, 7) is -0.282. The topological polar surface area (TPSA) is 114 Å². The van der Waals surface area contributed by atoms with Crippen LogP contribution in [0.2, 0.25) is 0 Å². The molecule has 1 aliphatic heterocycles. The van der Waals surface area contributed by atoms with Crippen molar-refractivity contribution in [2.45, 2.75) is 24.9 Å². The number of aliphatic hydroxyl groups excluding tert-OH is 1. The molecule has 0 saturated carbocycles. The van der Waals surface area contributed by atoms with Crippen molar-refractivity contribution in [2.75, 3.05) is 11.9 Å². The van der Waals surface area contributed by atoms with Gasteiger partial charge in [-0.15, -0.1) is 9.42 Å². The first kappa shape index (κ1) is 13.3. The molecule has 0 aromatic carbocycles. The van der Waals surface area contributed by atoms with E-state index in [1.165, 1.54) is 6.33 Å². The molecule has 0 radical (unpaired) electrons. The summed E-state index contributed by atoms with van der Waals surface area (Å²) in [6.07, 6.45) is 1.62. The third-order valence-electron chi connectivity index (χ3n) is 2.50. The fourth-order valence-electron chi connectivity index (χ4n) is 1.74. The largest absolute Gasteiger partial charge is 0.695 e. The number of hydrogen-bond acceptors (Lipinski definition) is 7. The zero-order valence-electron chi connectivity index (χ0n) is 9.34. The Morgan fingerprint density at radius 1 is 1.67 bits per heavy atom. The van der Waals surface area contributed by atoms with E-state index in [9.17, 15) is 4.57 Å². The minimum atomic E-state index is -2.72. The van der Waals surface area contributed by atoms with Gasteiger partial charge in [-0.3, -0.25) is 0 Å². The SMILES string of the molecule is O=[P+](O)OC1C[C@H](Nc2ccncn2)O[C@@H]1CO. The molecule has 0 amide bonds. The number of ether oxygens (including phenoxy) is 1. The first-order valence-corrected chi connectivity index (χ1v) is 6.44. The minimum Gasteiger partial charge on any atom is -0.394 e. The smallest absolute Gasteiger partial charge is 0.394 e. The lowest BCUT2D eigenvalue weighted by atomic mass is 10.2. The second kappa shape index (κ2) is 6.12. The fraction of sp³-hybridized carbons (Fsp3) is 0.556. The molecule has 4 atom stereocenters. The van der Waals surface area contributed by atoms with E-state index < -0.39 is 26.7 Å². The average Bonchev–Trinajstić information content (AvgIpc) is 2.71. The van der Waals surface area contributed by atoms with Crippen molar-refractivity contribution in [3.63, 3.8) is 0 Å². The second-order valence-corrected chi connectivity index (χ2v) is 4.39. The van der Waals surface area contributed by atoms with Crippen molar-refractivity contribution in [3.8, 4) is 0 Å². The highest BCUT2D eigenvalue weighted by atomic mass is 31.1. The zero-order chi connectivity index (χ0) is 13.0. The van der Waals surface area contributed by atoms with Crippen molar-refractivity contribution in [3.05, 3.63) is 18.6 Å². The third-order valence-corrected chi connectivity index (χ3v) is 2.95. The molecule has 2 rings (SSSR count). The van der Waals surface area contributed by atoms with Gasteiger partial charge < -0.3 is 15.2 Å². The van der Waals surface area contributed by atoms with Gasteiger partial charge in [0.2, 0.25) is 0 Å². The molecule has 0 aliphatic carbocycles. The predicted molar refractivity (Wildman–Crippen MR) is 60.7 cm³/mol. The van der Waals surface area contributed by atoms with Gasteiger partial charge in [-0.25, -0.2) is 9.97 Å². The summed E-state index contributed by atoms with van der Waals surface area (Å²) in [7, 11) is -2.72. The number of nitrogens with one attached hydrogen (secondary N) is 1. The molecule has 1 aromatic heterocycles. The highest BCUT2D eigenvalue weighted by Gasteiger charge is 2.41. The standard InChI is InChI=1S/C9H12N3O5P/c13-4-7-6(17-18(14)15)3-9(16-7)12-8-1-2-10-5-11-8/h1-2,5-7,9,13H,3-4H2,(H-,10,11,12,14,15)/p+1/t6?,7-,9-/m1/s1. The van der Waals surface area contributed by atoms with Gasteiger partial charge in [-0.2, -0.15) is 0 Å². The molecule has 2 heterocycles. The van der Waals surface area contributed by atoms with Gasteiger partial charge in [-0.05, 0) is 6.07 Å². The summed E-state index contributed by atoms with van der Waals surface area (Å²) in [6, 6.07) is 1.66. The first-order valence-electron chi connectivity index (χ1n) is 5.31. The van der Waals surface area contributed by atoms with Crippen molar-refractivity contribution in [1.29, 1.82) is 0 Å². The molecule has 1 aliphatic rings. The van der Waals surface area contributed by atoms with Crippen LogP contribution in [0.1, 0.15) is 6.42 Å². The number of anilines is 1. The molecule has 98 valence electrons. The van der Waals surface area contributed by atoms with Crippen LogP contribution in [0.4, 0.5) is 5.82 Å². The van der Waals surface area contributed by atoms with E-state index in [0.717, 1.165) is 0 Å². The first-order chi connectivity index (χ1) is 8.69. The Bertz CT molecular complexity index is 406. The van der Waals surface area contributed by atoms with Gasteiger partial charge in [0.25, 0.3) is 0 Å². The van der Waals surface area contributed by atoms with Crippen molar-refractivity contribution in [1.82, 2.24) is 9.97 Å². The van der Waals surface area contributed by atoms with Crippen LogP contribution >= 0.6 is 8.25 Å². The van der Waals surface area contributed by atoms with Gasteiger partial charge in [0, 0.05) is 17.2 Å². The maximum absolute atomic E-state index is 10.6. The van der Waals surface area contributed by atoms with E-state index in [1.807, 2.05) is 0 Å². The molecule has 0 spiro atoms. The highest BCUT2D eigenvalue weighted by Crippen LogP contribution is 2.30. The lowest BCUT2D eigenvalue weighted by Gasteiger charge is -2.13. The van der Waals surface area contributed by atoms with E-state index >= 15 is 0 Å². The van der Waals surface area contributed by atoms with E-state index in [-0.39, 0.29) is 6.61 Å². The Morgan fingerprint density at radius 3 is 3.11 bits per heavy atom. The molecular formula is C9H13N3O5P+. The Hall–Kier alpha value is -1.18. The van der Waals surface area contributed by atoms with Crippen LogP contribution < -0.4 is 5.32 Å². The summed E-state index contributed by atoms with van der Waals surface area (Å²) in [5.74, 6) is 0.570. The molecule has 18 heavy (non-hydrogen) atoms. The molecule has 3 N–H and O–H groups in total. The Kier molecular flexibility index (Phi) is 4.51. The second-order valence-electron chi connectivity index (χ2n) is 3.70. The van der Waals surface area contributed by atoms with Gasteiger partial charge >= 0.3 is 8.25 Å². The minimum absolute atomic E-state index is 0.282. The molecule has 0 bridgehead atoms. The van der Waals surface area contributed by atoms with E-state index in [0.29, 0.717) is 12.2 Å². The number of rotatable bonds is 5. The predicted octanol–water partition coefficient (Wildman–Crippen LogP) is 0.0307. The Labute approximate surface area is 104 Å². The van der Waals surface area contributed by atoms with E-state index in [2.05, 4.69) is 15.3 Å². The average molecular weight is 274 g/mol. The summed E-state index contributed by atoms with van der Waals surface area (Å²) in [5.41, 5.74) is 0. The summed E-state index contributed by atoms with van der Waals surface area (Å²) < 4.78 is 20.9. The molecule has 9 heteroatoms. The summed E-state index contributed by atoms with van der Waals surface area (Å²) in [5, 5.41) is 12.1. The molecule has 8 nitrogen and oxygen atoms in total. The maximum Gasteiger partial charge on any atom is 0.695 e. The Morgan fingerprint density at radius 2 is 2.50 bits per heavy atom. The number of nitrogens with zero attached hydrogens (tertiary/aromatic N) is 2. The normalized spacial score (nSPS) is 28.1. The zero-order valence-corrected chi connectivity index (χ0v) is 10.2. The van der Waals surface area contributed by atoms with E-state index in [4.69, 9.17) is 19.3 Å². The highest BCUT2D eigenvalue weighted by molar-refractivity contribution is 7.32. The number of aliphatic hydroxyl groups is 1. The van der Waals surface area contributed by atoms with Crippen molar-refractivity contribution in [2.24, 2.45) is 0 Å². The molecule has 1 saturated heterocycles. The molecule has 1 fully saturated rings. The van der Waals surface area contributed by atoms with Crippen LogP contribution in [0.15, 0.2) is 18.6 Å². The summed E-state index contributed by atoms with van der Waals surface area (Å²) >= 11 is 0. The van der Waals surface area contributed by atoms with Crippen molar-refractivity contribution >= 4 is 14.1 Å². The Balaban J connectivity index is 1.94. The van der Waals surface area contributed by atoms with Crippen LogP contribution in [0.3, 0.4) is 0 Å². The van der Waals surface area contributed by atoms with Gasteiger partial charge in [0.05, 0.1) is 6.61 Å². The third kappa shape index (κ3) is 3.41.